The fourth-order valence-electron chi connectivity index (χ4n) is 1.94. The van der Waals surface area contributed by atoms with Gasteiger partial charge in [-0.1, -0.05) is 6.07 Å². The van der Waals surface area contributed by atoms with E-state index in [1.54, 1.807) is 13.2 Å². The zero-order valence-corrected chi connectivity index (χ0v) is 9.55. The molecule has 4 heteroatoms. The van der Waals surface area contributed by atoms with Crippen molar-refractivity contribution in [2.24, 2.45) is 0 Å². The van der Waals surface area contributed by atoms with E-state index in [2.05, 4.69) is 5.32 Å². The Kier molecular flexibility index (Phi) is 3.12. The number of methoxy groups -OCH3 is 2. The van der Waals surface area contributed by atoms with Crippen molar-refractivity contribution in [2.75, 3.05) is 27.3 Å². The molecule has 88 valence electrons. The van der Waals surface area contributed by atoms with Gasteiger partial charge in [0.25, 0.3) is 0 Å². The molecule has 0 radical (unpaired) electrons. The maximum absolute atomic E-state index is 13.5. The maximum Gasteiger partial charge on any atom is 0.165 e. The Balaban J connectivity index is 2.13. The monoisotopic (exact) mass is 225 g/mol. The Hall–Kier alpha value is -1.13. The highest BCUT2D eigenvalue weighted by molar-refractivity contribution is 5.30. The summed E-state index contributed by atoms with van der Waals surface area (Å²) in [5, 5.41) is 3.17. The highest BCUT2D eigenvalue weighted by Crippen LogP contribution is 2.24. The van der Waals surface area contributed by atoms with Crippen LogP contribution in [0.2, 0.25) is 0 Å². The molecule has 0 bridgehead atoms. The summed E-state index contributed by atoms with van der Waals surface area (Å²) in [5.74, 6) is -0.0412. The molecule has 0 atom stereocenters. The maximum atomic E-state index is 13.5. The number of hydrogen-bond acceptors (Lipinski definition) is 3. The number of halogens is 1. The molecule has 0 unspecified atom stereocenters. The van der Waals surface area contributed by atoms with Crippen LogP contribution in [0.4, 0.5) is 4.39 Å². The van der Waals surface area contributed by atoms with Gasteiger partial charge in [0.1, 0.15) is 0 Å². The van der Waals surface area contributed by atoms with Crippen LogP contribution >= 0.6 is 0 Å². The van der Waals surface area contributed by atoms with E-state index in [1.807, 2.05) is 6.07 Å². The van der Waals surface area contributed by atoms with E-state index < -0.39 is 0 Å². The fourth-order valence-corrected chi connectivity index (χ4v) is 1.94. The first-order valence-corrected chi connectivity index (χ1v) is 5.27. The predicted octanol–water partition coefficient (Wildman–Crippen LogP) is 1.37. The van der Waals surface area contributed by atoms with Gasteiger partial charge in [-0.15, -0.1) is 0 Å². The lowest BCUT2D eigenvalue weighted by Gasteiger charge is -2.41. The van der Waals surface area contributed by atoms with Crippen LogP contribution in [0.1, 0.15) is 5.56 Å². The molecule has 1 N–H and O–H groups in total. The third-order valence-electron chi connectivity index (χ3n) is 3.07. The van der Waals surface area contributed by atoms with Gasteiger partial charge in [-0.25, -0.2) is 4.39 Å². The van der Waals surface area contributed by atoms with Gasteiger partial charge in [-0.2, -0.15) is 0 Å². The number of hydrogen-bond donors (Lipinski definition) is 1. The smallest absolute Gasteiger partial charge is 0.165 e. The summed E-state index contributed by atoms with van der Waals surface area (Å²) in [6.45, 7) is 1.63. The van der Waals surface area contributed by atoms with Crippen molar-refractivity contribution in [1.29, 1.82) is 0 Å². The van der Waals surface area contributed by atoms with Gasteiger partial charge in [-0.3, -0.25) is 0 Å². The third kappa shape index (κ3) is 2.03. The van der Waals surface area contributed by atoms with Crippen LogP contribution in [0, 0.1) is 5.82 Å². The van der Waals surface area contributed by atoms with Gasteiger partial charge >= 0.3 is 0 Å². The van der Waals surface area contributed by atoms with E-state index in [9.17, 15) is 4.39 Å². The summed E-state index contributed by atoms with van der Waals surface area (Å²) in [6.07, 6.45) is 0.720. The summed E-state index contributed by atoms with van der Waals surface area (Å²) in [5.41, 5.74) is 0.766. The minimum absolute atomic E-state index is 0.166. The highest BCUT2D eigenvalue weighted by atomic mass is 19.1. The molecule has 0 aliphatic carbocycles. The van der Waals surface area contributed by atoms with Crippen LogP contribution in [0.25, 0.3) is 0 Å². The minimum atomic E-state index is -0.321. The SMILES string of the molecule is COc1ccc(CC2(OC)CNC2)cc1F. The lowest BCUT2D eigenvalue weighted by molar-refractivity contribution is -0.0502. The van der Waals surface area contributed by atoms with E-state index in [0.717, 1.165) is 25.1 Å². The quantitative estimate of drug-likeness (QED) is 0.839. The van der Waals surface area contributed by atoms with Crippen LogP contribution in [-0.4, -0.2) is 32.9 Å². The summed E-state index contributed by atoms with van der Waals surface area (Å²) < 4.78 is 23.8. The summed E-state index contributed by atoms with van der Waals surface area (Å²) in [6, 6.07) is 5.04. The first kappa shape index (κ1) is 11.4. The molecule has 1 fully saturated rings. The zero-order valence-electron chi connectivity index (χ0n) is 9.55. The molecule has 1 saturated heterocycles. The highest BCUT2D eigenvalue weighted by Gasteiger charge is 2.36. The molecule has 0 saturated carbocycles. The van der Waals surface area contributed by atoms with E-state index in [4.69, 9.17) is 9.47 Å². The Bertz CT molecular complexity index is 372. The topological polar surface area (TPSA) is 30.5 Å². The minimum Gasteiger partial charge on any atom is -0.494 e. The first-order valence-electron chi connectivity index (χ1n) is 5.27. The second-order valence-electron chi connectivity index (χ2n) is 4.14. The average Bonchev–Trinajstić information content (AvgIpc) is 2.24. The second-order valence-corrected chi connectivity index (χ2v) is 4.14. The van der Waals surface area contributed by atoms with Crippen molar-refractivity contribution in [2.45, 2.75) is 12.0 Å². The van der Waals surface area contributed by atoms with Crippen LogP contribution in [0.15, 0.2) is 18.2 Å². The Morgan fingerprint density at radius 3 is 2.56 bits per heavy atom. The van der Waals surface area contributed by atoms with Gasteiger partial charge in [0, 0.05) is 26.6 Å². The fraction of sp³-hybridized carbons (Fsp3) is 0.500. The largest absolute Gasteiger partial charge is 0.494 e. The van der Waals surface area contributed by atoms with Gasteiger partial charge in [0.2, 0.25) is 0 Å². The number of rotatable bonds is 4. The van der Waals surface area contributed by atoms with Gasteiger partial charge < -0.3 is 14.8 Å². The van der Waals surface area contributed by atoms with Gasteiger partial charge in [0.15, 0.2) is 11.6 Å². The molecule has 16 heavy (non-hydrogen) atoms. The first-order chi connectivity index (χ1) is 7.69. The van der Waals surface area contributed by atoms with Crippen molar-refractivity contribution < 1.29 is 13.9 Å². The van der Waals surface area contributed by atoms with Crippen molar-refractivity contribution in [3.8, 4) is 5.75 Å². The third-order valence-corrected chi connectivity index (χ3v) is 3.07. The van der Waals surface area contributed by atoms with Crippen LogP contribution in [0.3, 0.4) is 0 Å². The van der Waals surface area contributed by atoms with Crippen molar-refractivity contribution in [3.63, 3.8) is 0 Å². The Morgan fingerprint density at radius 1 is 1.38 bits per heavy atom. The Morgan fingerprint density at radius 2 is 2.12 bits per heavy atom. The molecule has 1 aliphatic rings. The summed E-state index contributed by atoms with van der Waals surface area (Å²) >= 11 is 0. The lowest BCUT2D eigenvalue weighted by Crippen LogP contribution is -2.61. The van der Waals surface area contributed by atoms with Gasteiger partial charge in [0.05, 0.1) is 12.7 Å². The van der Waals surface area contributed by atoms with E-state index >= 15 is 0 Å². The normalized spacial score (nSPS) is 17.9. The number of nitrogens with one attached hydrogen (secondary N) is 1. The van der Waals surface area contributed by atoms with E-state index in [1.165, 1.54) is 13.2 Å². The standard InChI is InChI=1S/C12H16FNO2/c1-15-11-4-3-9(5-10(11)13)6-12(16-2)7-14-8-12/h3-5,14H,6-8H2,1-2H3. The second kappa shape index (κ2) is 4.39. The van der Waals surface area contributed by atoms with Gasteiger partial charge in [-0.05, 0) is 17.7 Å². The van der Waals surface area contributed by atoms with Crippen molar-refractivity contribution >= 4 is 0 Å². The zero-order chi connectivity index (χ0) is 11.6. The molecule has 0 amide bonds. The van der Waals surface area contributed by atoms with E-state index in [-0.39, 0.29) is 17.2 Å². The predicted molar refractivity (Wildman–Crippen MR) is 59.3 cm³/mol. The molecule has 0 spiro atoms. The molecule has 1 aromatic carbocycles. The van der Waals surface area contributed by atoms with Crippen LogP contribution in [-0.2, 0) is 11.2 Å². The summed E-state index contributed by atoms with van der Waals surface area (Å²) in [4.78, 5) is 0. The molecule has 1 heterocycles. The molecular formula is C12H16FNO2. The number of ether oxygens (including phenoxy) is 2. The number of benzene rings is 1. The molecule has 2 rings (SSSR count). The van der Waals surface area contributed by atoms with Crippen molar-refractivity contribution in [3.05, 3.63) is 29.6 Å². The molecule has 3 nitrogen and oxygen atoms in total. The molecule has 1 aliphatic heterocycles. The molecule has 1 aromatic rings. The molecular weight excluding hydrogens is 209 g/mol. The lowest BCUT2D eigenvalue weighted by atomic mass is 9.89. The van der Waals surface area contributed by atoms with Crippen LogP contribution in [0.5, 0.6) is 5.75 Å². The van der Waals surface area contributed by atoms with E-state index in [0.29, 0.717) is 0 Å². The van der Waals surface area contributed by atoms with Crippen molar-refractivity contribution in [1.82, 2.24) is 5.32 Å². The Labute approximate surface area is 94.6 Å². The van der Waals surface area contributed by atoms with Crippen LogP contribution < -0.4 is 10.1 Å². The average molecular weight is 225 g/mol. The molecule has 0 aromatic heterocycles. The summed E-state index contributed by atoms with van der Waals surface area (Å²) in [7, 11) is 3.16.